The smallest absolute Gasteiger partial charge is 0.417 e. The molecule has 5 rings (SSSR count). The molecule has 0 bridgehead atoms. The second-order valence-corrected chi connectivity index (χ2v) is 10.6. The number of nitrogens with one attached hydrogen (secondary N) is 1. The van der Waals surface area contributed by atoms with Gasteiger partial charge < -0.3 is 10.1 Å². The zero-order valence-corrected chi connectivity index (χ0v) is 23.0. The highest BCUT2D eigenvalue weighted by molar-refractivity contribution is 6.31. The molecule has 1 saturated carbocycles. The highest BCUT2D eigenvalue weighted by atomic mass is 35.5. The zero-order valence-electron chi connectivity index (χ0n) is 22.3. The molecule has 2 aliphatic rings. The van der Waals surface area contributed by atoms with Crippen molar-refractivity contribution in [3.63, 3.8) is 0 Å². The van der Waals surface area contributed by atoms with E-state index in [0.717, 1.165) is 15.9 Å². The number of hydrogen-bond donors (Lipinski definition) is 1. The van der Waals surface area contributed by atoms with E-state index < -0.39 is 47.8 Å². The number of carbonyl (C=O) groups is 3. The second-order valence-electron chi connectivity index (χ2n) is 10.2. The van der Waals surface area contributed by atoms with Crippen LogP contribution in [0.25, 0.3) is 0 Å². The lowest BCUT2D eigenvalue weighted by Gasteiger charge is -2.35. The Morgan fingerprint density at radius 2 is 1.81 bits per heavy atom. The number of alkyl halides is 2. The number of carbonyl (C=O) groups excluding carboxylic acids is 3. The van der Waals surface area contributed by atoms with E-state index in [1.54, 1.807) is 30.3 Å². The number of benzene rings is 2. The predicted octanol–water partition coefficient (Wildman–Crippen LogP) is 5.45. The van der Waals surface area contributed by atoms with E-state index in [9.17, 15) is 27.6 Å². The number of anilines is 2. The first-order valence-corrected chi connectivity index (χ1v) is 13.7. The molecular weight excluding hydrogens is 575 g/mol. The molecule has 220 valence electrons. The summed E-state index contributed by atoms with van der Waals surface area (Å²) in [6, 6.07) is 10.3. The molecule has 3 amide bonds. The fourth-order valence-electron chi connectivity index (χ4n) is 5.19. The minimum atomic E-state index is -2.80. The summed E-state index contributed by atoms with van der Waals surface area (Å²) in [5.41, 5.74) is 0.306. The number of hydrogen-bond acceptors (Lipinski definition) is 6. The van der Waals surface area contributed by atoms with Gasteiger partial charge in [0.15, 0.2) is 0 Å². The van der Waals surface area contributed by atoms with Crippen LogP contribution in [0.1, 0.15) is 43.7 Å². The largest absolute Gasteiger partial charge is 0.447 e. The summed E-state index contributed by atoms with van der Waals surface area (Å²) >= 11 is 6.52. The van der Waals surface area contributed by atoms with Crippen molar-refractivity contribution in [1.29, 1.82) is 0 Å². The molecule has 9 nitrogen and oxygen atoms in total. The normalized spacial score (nSPS) is 19.2. The Bertz CT molecular complexity index is 1450. The molecule has 2 unspecified atom stereocenters. The third kappa shape index (κ3) is 6.48. The lowest BCUT2D eigenvalue weighted by atomic mass is 9.91. The Kier molecular flexibility index (Phi) is 8.62. The van der Waals surface area contributed by atoms with Crippen LogP contribution in [0.4, 0.5) is 29.6 Å². The van der Waals surface area contributed by atoms with E-state index in [-0.39, 0.29) is 60.9 Å². The molecule has 0 spiro atoms. The number of cyclic esters (lactones) is 1. The van der Waals surface area contributed by atoms with Crippen LogP contribution in [-0.4, -0.2) is 52.5 Å². The number of ether oxygens (including phenoxy) is 1. The van der Waals surface area contributed by atoms with E-state index in [4.69, 9.17) is 16.3 Å². The lowest BCUT2D eigenvalue weighted by Crippen LogP contribution is -2.49. The highest BCUT2D eigenvalue weighted by Crippen LogP contribution is 2.36. The van der Waals surface area contributed by atoms with Crippen molar-refractivity contribution >= 4 is 41.1 Å². The maximum absolute atomic E-state index is 14.5. The fourth-order valence-corrected chi connectivity index (χ4v) is 5.43. The summed E-state index contributed by atoms with van der Waals surface area (Å²) in [6.45, 7) is -0.154. The standard InChI is InChI=1S/C29H27ClF3N5O4/c30-23-8-2-1-7-22(23)25(26(40)36-19-9-11-29(32,33)12-10-19)37(20-6-3-5-18(31)15-20)24(39)16-21-17-42-28(41)38(21)27-34-13-4-14-35-27/h1-8,13-15,19,21,25H,9-12,16-17H2,(H,36,40). The maximum Gasteiger partial charge on any atom is 0.417 e. The fraction of sp³-hybridized carbons (Fsp3) is 0.345. The van der Waals surface area contributed by atoms with Gasteiger partial charge in [-0.05, 0) is 43.2 Å². The predicted molar refractivity (Wildman–Crippen MR) is 148 cm³/mol. The first-order valence-electron chi connectivity index (χ1n) is 13.4. The van der Waals surface area contributed by atoms with Crippen LogP contribution in [-0.2, 0) is 14.3 Å². The van der Waals surface area contributed by atoms with E-state index >= 15 is 0 Å². The molecule has 3 aromatic rings. The third-order valence-electron chi connectivity index (χ3n) is 7.26. The minimum Gasteiger partial charge on any atom is -0.447 e. The topological polar surface area (TPSA) is 105 Å². The number of amides is 3. The molecule has 1 aliphatic heterocycles. The minimum absolute atomic E-state index is 0.0320. The van der Waals surface area contributed by atoms with Gasteiger partial charge in [-0.15, -0.1) is 0 Å². The monoisotopic (exact) mass is 601 g/mol. The van der Waals surface area contributed by atoms with E-state index in [0.29, 0.717) is 0 Å². The van der Waals surface area contributed by atoms with Crippen LogP contribution in [0.5, 0.6) is 0 Å². The average Bonchev–Trinajstić information content (AvgIpc) is 3.33. The van der Waals surface area contributed by atoms with E-state index in [1.165, 1.54) is 30.6 Å². The number of aromatic nitrogens is 2. The summed E-state index contributed by atoms with van der Waals surface area (Å²) in [7, 11) is 0. The van der Waals surface area contributed by atoms with Gasteiger partial charge in [0, 0.05) is 47.6 Å². The van der Waals surface area contributed by atoms with Crippen molar-refractivity contribution in [2.75, 3.05) is 16.4 Å². The van der Waals surface area contributed by atoms with Gasteiger partial charge in [-0.1, -0.05) is 35.9 Å². The van der Waals surface area contributed by atoms with Crippen molar-refractivity contribution in [1.82, 2.24) is 15.3 Å². The summed E-state index contributed by atoms with van der Waals surface area (Å²) in [6.07, 6.45) is 1.12. The van der Waals surface area contributed by atoms with Crippen molar-refractivity contribution in [2.45, 2.75) is 56.2 Å². The van der Waals surface area contributed by atoms with Crippen molar-refractivity contribution in [2.24, 2.45) is 0 Å². The van der Waals surface area contributed by atoms with Gasteiger partial charge in [0.25, 0.3) is 0 Å². The number of rotatable bonds is 8. The summed E-state index contributed by atoms with van der Waals surface area (Å²) in [5.74, 6) is -4.75. The molecule has 1 N–H and O–H groups in total. The first-order chi connectivity index (χ1) is 20.1. The van der Waals surface area contributed by atoms with Crippen molar-refractivity contribution in [3.05, 3.63) is 83.4 Å². The summed E-state index contributed by atoms with van der Waals surface area (Å²) < 4.78 is 47.3. The molecule has 2 atom stereocenters. The SMILES string of the molecule is O=C(NC1CCC(F)(F)CC1)C(c1ccccc1Cl)N(C(=O)CC1COC(=O)N1c1ncccn1)c1cccc(F)c1. The van der Waals surface area contributed by atoms with Crippen LogP contribution < -0.4 is 15.1 Å². The molecule has 2 aromatic carbocycles. The Morgan fingerprint density at radius 1 is 1.10 bits per heavy atom. The molecule has 0 radical (unpaired) electrons. The Hall–Kier alpha value is -4.19. The third-order valence-corrected chi connectivity index (χ3v) is 7.61. The van der Waals surface area contributed by atoms with Gasteiger partial charge in [0.05, 0.1) is 12.5 Å². The molecule has 13 heteroatoms. The molecule has 42 heavy (non-hydrogen) atoms. The average molecular weight is 602 g/mol. The zero-order chi connectivity index (χ0) is 29.9. The van der Waals surface area contributed by atoms with Crippen LogP contribution in [0.3, 0.4) is 0 Å². The summed E-state index contributed by atoms with van der Waals surface area (Å²) in [4.78, 5) is 51.1. The number of nitrogens with zero attached hydrogens (tertiary/aromatic N) is 4. The molecule has 1 saturated heterocycles. The van der Waals surface area contributed by atoms with E-state index in [2.05, 4.69) is 15.3 Å². The second kappa shape index (κ2) is 12.4. The van der Waals surface area contributed by atoms with Gasteiger partial charge in [0.2, 0.25) is 23.7 Å². The van der Waals surface area contributed by atoms with Gasteiger partial charge in [-0.3, -0.25) is 14.5 Å². The molecular formula is C29H27ClF3N5O4. The van der Waals surface area contributed by atoms with Crippen molar-refractivity contribution < 1.29 is 32.3 Å². The Balaban J connectivity index is 1.51. The Labute approximate surface area is 244 Å². The summed E-state index contributed by atoms with van der Waals surface area (Å²) in [5, 5.41) is 2.98. The highest BCUT2D eigenvalue weighted by Gasteiger charge is 2.42. The van der Waals surface area contributed by atoms with Gasteiger partial charge >= 0.3 is 6.09 Å². The van der Waals surface area contributed by atoms with Crippen LogP contribution in [0, 0.1) is 5.82 Å². The quantitative estimate of drug-likeness (QED) is 0.368. The Morgan fingerprint density at radius 3 is 2.50 bits per heavy atom. The van der Waals surface area contributed by atoms with Crippen LogP contribution >= 0.6 is 11.6 Å². The van der Waals surface area contributed by atoms with Crippen LogP contribution in [0.15, 0.2) is 67.0 Å². The maximum atomic E-state index is 14.5. The van der Waals surface area contributed by atoms with E-state index in [1.807, 2.05) is 0 Å². The first kappa shape index (κ1) is 29.3. The van der Waals surface area contributed by atoms with Crippen LogP contribution in [0.2, 0.25) is 5.02 Å². The molecule has 2 heterocycles. The molecule has 1 aromatic heterocycles. The van der Waals surface area contributed by atoms with Gasteiger partial charge in [-0.25, -0.2) is 32.8 Å². The van der Waals surface area contributed by atoms with Crippen molar-refractivity contribution in [3.8, 4) is 0 Å². The van der Waals surface area contributed by atoms with Gasteiger partial charge in [-0.2, -0.15) is 0 Å². The molecule has 1 aliphatic carbocycles. The van der Waals surface area contributed by atoms with Gasteiger partial charge in [0.1, 0.15) is 18.5 Å². The molecule has 2 fully saturated rings. The number of halogens is 4. The lowest BCUT2D eigenvalue weighted by molar-refractivity contribution is -0.128.